The Kier molecular flexibility index (Phi) is 4.45. The molecule has 0 spiro atoms. The lowest BCUT2D eigenvalue weighted by Crippen LogP contribution is -1.97. The Labute approximate surface area is 121 Å². The third-order valence-electron chi connectivity index (χ3n) is 2.77. The SMILES string of the molecule is COc1cc(C)ccc1Oc1ccc(CN)cc1Br. The fourth-order valence-corrected chi connectivity index (χ4v) is 2.24. The molecular weight excluding hydrogens is 306 g/mol. The fourth-order valence-electron chi connectivity index (χ4n) is 1.73. The second-order valence-electron chi connectivity index (χ2n) is 4.23. The van der Waals surface area contributed by atoms with Crippen molar-refractivity contribution in [1.29, 1.82) is 0 Å². The molecule has 2 N–H and O–H groups in total. The van der Waals surface area contributed by atoms with Crippen LogP contribution in [-0.4, -0.2) is 7.11 Å². The molecule has 0 bridgehead atoms. The van der Waals surface area contributed by atoms with E-state index < -0.39 is 0 Å². The largest absolute Gasteiger partial charge is 0.493 e. The summed E-state index contributed by atoms with van der Waals surface area (Å²) < 4.78 is 12.1. The number of nitrogens with two attached hydrogens (primary N) is 1. The van der Waals surface area contributed by atoms with Gasteiger partial charge in [-0.05, 0) is 58.2 Å². The summed E-state index contributed by atoms with van der Waals surface area (Å²) in [6.07, 6.45) is 0. The highest BCUT2D eigenvalue weighted by molar-refractivity contribution is 9.10. The summed E-state index contributed by atoms with van der Waals surface area (Å²) >= 11 is 3.48. The van der Waals surface area contributed by atoms with Gasteiger partial charge in [0.15, 0.2) is 11.5 Å². The predicted molar refractivity (Wildman–Crippen MR) is 79.8 cm³/mol. The Hall–Kier alpha value is -1.52. The number of ether oxygens (including phenoxy) is 2. The molecule has 2 rings (SSSR count). The molecule has 0 aliphatic carbocycles. The normalized spacial score (nSPS) is 10.3. The van der Waals surface area contributed by atoms with Gasteiger partial charge in [-0.1, -0.05) is 12.1 Å². The Morgan fingerprint density at radius 2 is 1.79 bits per heavy atom. The van der Waals surface area contributed by atoms with Gasteiger partial charge in [0.05, 0.1) is 11.6 Å². The topological polar surface area (TPSA) is 44.5 Å². The summed E-state index contributed by atoms with van der Waals surface area (Å²) in [6, 6.07) is 11.6. The number of rotatable bonds is 4. The first kappa shape index (κ1) is 13.9. The zero-order chi connectivity index (χ0) is 13.8. The van der Waals surface area contributed by atoms with Gasteiger partial charge in [0, 0.05) is 6.54 Å². The molecule has 0 saturated carbocycles. The molecule has 0 radical (unpaired) electrons. The molecule has 0 unspecified atom stereocenters. The van der Waals surface area contributed by atoms with Crippen LogP contribution >= 0.6 is 15.9 Å². The Morgan fingerprint density at radius 1 is 1.05 bits per heavy atom. The van der Waals surface area contributed by atoms with E-state index in [1.165, 1.54) is 0 Å². The van der Waals surface area contributed by atoms with Gasteiger partial charge < -0.3 is 15.2 Å². The Balaban J connectivity index is 2.31. The number of aryl methyl sites for hydroxylation is 1. The van der Waals surface area contributed by atoms with E-state index in [4.69, 9.17) is 15.2 Å². The summed E-state index contributed by atoms with van der Waals surface area (Å²) in [5.41, 5.74) is 7.78. The van der Waals surface area contributed by atoms with Crippen LogP contribution in [0.15, 0.2) is 40.9 Å². The highest BCUT2D eigenvalue weighted by Crippen LogP contribution is 2.35. The molecule has 100 valence electrons. The molecule has 4 heteroatoms. The molecular formula is C15H16BrNO2. The number of halogens is 1. The van der Waals surface area contributed by atoms with Crippen LogP contribution < -0.4 is 15.2 Å². The van der Waals surface area contributed by atoms with Crippen LogP contribution in [0.1, 0.15) is 11.1 Å². The van der Waals surface area contributed by atoms with Crippen LogP contribution in [-0.2, 0) is 6.54 Å². The molecule has 0 fully saturated rings. The molecule has 2 aromatic rings. The van der Waals surface area contributed by atoms with Crippen LogP contribution in [0, 0.1) is 6.92 Å². The van der Waals surface area contributed by atoms with Gasteiger partial charge in [-0.2, -0.15) is 0 Å². The van der Waals surface area contributed by atoms with Crippen LogP contribution in [0.2, 0.25) is 0 Å². The van der Waals surface area contributed by atoms with Gasteiger partial charge in [0.1, 0.15) is 5.75 Å². The van der Waals surface area contributed by atoms with E-state index in [2.05, 4.69) is 15.9 Å². The van der Waals surface area contributed by atoms with Crippen LogP contribution in [0.25, 0.3) is 0 Å². The zero-order valence-electron chi connectivity index (χ0n) is 10.9. The van der Waals surface area contributed by atoms with E-state index in [9.17, 15) is 0 Å². The molecule has 0 amide bonds. The zero-order valence-corrected chi connectivity index (χ0v) is 12.5. The van der Waals surface area contributed by atoms with E-state index in [1.54, 1.807) is 7.11 Å². The number of benzene rings is 2. The third kappa shape index (κ3) is 3.28. The molecule has 0 saturated heterocycles. The first-order valence-electron chi connectivity index (χ1n) is 5.95. The van der Waals surface area contributed by atoms with E-state index in [1.807, 2.05) is 43.3 Å². The fraction of sp³-hybridized carbons (Fsp3) is 0.200. The molecule has 0 aliphatic rings. The third-order valence-corrected chi connectivity index (χ3v) is 3.39. The van der Waals surface area contributed by atoms with E-state index in [-0.39, 0.29) is 0 Å². The van der Waals surface area contributed by atoms with E-state index in [0.717, 1.165) is 27.1 Å². The molecule has 0 aromatic heterocycles. The van der Waals surface area contributed by atoms with Gasteiger partial charge in [-0.25, -0.2) is 0 Å². The average molecular weight is 322 g/mol. The van der Waals surface area contributed by atoms with Crippen molar-refractivity contribution < 1.29 is 9.47 Å². The van der Waals surface area contributed by atoms with Crippen molar-refractivity contribution in [3.63, 3.8) is 0 Å². The number of hydrogen-bond donors (Lipinski definition) is 1. The lowest BCUT2D eigenvalue weighted by atomic mass is 10.2. The highest BCUT2D eigenvalue weighted by atomic mass is 79.9. The van der Waals surface area contributed by atoms with Gasteiger partial charge in [0.25, 0.3) is 0 Å². The quantitative estimate of drug-likeness (QED) is 0.925. The van der Waals surface area contributed by atoms with Gasteiger partial charge >= 0.3 is 0 Å². The summed E-state index contributed by atoms with van der Waals surface area (Å²) in [5.74, 6) is 2.14. The molecule has 0 aliphatic heterocycles. The van der Waals surface area contributed by atoms with Crippen molar-refractivity contribution in [2.24, 2.45) is 5.73 Å². The molecule has 0 atom stereocenters. The molecule has 3 nitrogen and oxygen atoms in total. The molecule has 0 heterocycles. The van der Waals surface area contributed by atoms with Crippen molar-refractivity contribution >= 4 is 15.9 Å². The monoisotopic (exact) mass is 321 g/mol. The van der Waals surface area contributed by atoms with Crippen LogP contribution in [0.3, 0.4) is 0 Å². The van der Waals surface area contributed by atoms with Crippen LogP contribution in [0.4, 0.5) is 0 Å². The average Bonchev–Trinajstić information content (AvgIpc) is 2.42. The highest BCUT2D eigenvalue weighted by Gasteiger charge is 2.08. The van der Waals surface area contributed by atoms with Crippen molar-refractivity contribution in [1.82, 2.24) is 0 Å². The summed E-state index contributed by atoms with van der Waals surface area (Å²) in [4.78, 5) is 0. The first-order valence-corrected chi connectivity index (χ1v) is 6.74. The molecule has 19 heavy (non-hydrogen) atoms. The van der Waals surface area contributed by atoms with E-state index in [0.29, 0.717) is 12.3 Å². The van der Waals surface area contributed by atoms with Crippen molar-refractivity contribution in [3.05, 3.63) is 52.0 Å². The lowest BCUT2D eigenvalue weighted by molar-refractivity contribution is 0.378. The Morgan fingerprint density at radius 3 is 2.42 bits per heavy atom. The van der Waals surface area contributed by atoms with Gasteiger partial charge in [-0.15, -0.1) is 0 Å². The molecule has 2 aromatic carbocycles. The van der Waals surface area contributed by atoms with E-state index >= 15 is 0 Å². The maximum atomic E-state index is 5.87. The minimum Gasteiger partial charge on any atom is -0.493 e. The minimum absolute atomic E-state index is 0.507. The summed E-state index contributed by atoms with van der Waals surface area (Å²) in [6.45, 7) is 2.52. The Bertz CT molecular complexity index is 584. The van der Waals surface area contributed by atoms with Crippen molar-refractivity contribution in [2.75, 3.05) is 7.11 Å². The second-order valence-corrected chi connectivity index (χ2v) is 5.08. The smallest absolute Gasteiger partial charge is 0.169 e. The summed E-state index contributed by atoms with van der Waals surface area (Å²) in [7, 11) is 1.63. The lowest BCUT2D eigenvalue weighted by Gasteiger charge is -2.12. The maximum absolute atomic E-state index is 5.87. The van der Waals surface area contributed by atoms with Crippen molar-refractivity contribution in [2.45, 2.75) is 13.5 Å². The van der Waals surface area contributed by atoms with Crippen LogP contribution in [0.5, 0.6) is 17.2 Å². The van der Waals surface area contributed by atoms with Crippen molar-refractivity contribution in [3.8, 4) is 17.2 Å². The maximum Gasteiger partial charge on any atom is 0.169 e. The van der Waals surface area contributed by atoms with Gasteiger partial charge in [0.2, 0.25) is 0 Å². The standard InChI is InChI=1S/C15H16BrNO2/c1-10-3-5-14(15(7-10)18-2)19-13-6-4-11(9-17)8-12(13)16/h3-8H,9,17H2,1-2H3. The predicted octanol–water partition coefficient (Wildman–Crippen LogP) is 4.02. The minimum atomic E-state index is 0.507. The number of hydrogen-bond acceptors (Lipinski definition) is 3. The number of methoxy groups -OCH3 is 1. The summed E-state index contributed by atoms with van der Waals surface area (Å²) in [5, 5.41) is 0. The second kappa shape index (κ2) is 6.08. The first-order chi connectivity index (χ1) is 9.13. The van der Waals surface area contributed by atoms with Gasteiger partial charge in [-0.3, -0.25) is 0 Å².